The maximum atomic E-state index is 11.9. The highest BCUT2D eigenvalue weighted by atomic mass is 35.7. The highest BCUT2D eigenvalue weighted by Crippen LogP contribution is 2.38. The van der Waals surface area contributed by atoms with Crippen molar-refractivity contribution >= 4 is 46.7 Å². The fourth-order valence-corrected chi connectivity index (χ4v) is 6.11. The molecular formula is C8H7ClO5S3. The molecular weight excluding hydrogens is 308 g/mol. The van der Waals surface area contributed by atoms with Gasteiger partial charge < -0.3 is 0 Å². The molecule has 2 heterocycles. The predicted molar refractivity (Wildman–Crippen MR) is 63.0 cm³/mol. The molecule has 0 N–H and O–H groups in total. The van der Waals surface area contributed by atoms with Gasteiger partial charge in [-0.05, 0) is 13.0 Å². The van der Waals surface area contributed by atoms with E-state index in [1.165, 1.54) is 6.92 Å². The molecule has 94 valence electrons. The zero-order chi connectivity index (χ0) is 13.0. The van der Waals surface area contributed by atoms with Gasteiger partial charge in [-0.25, -0.2) is 16.8 Å². The average molecular weight is 315 g/mol. The smallest absolute Gasteiger partial charge is 0.270 e. The second-order valence-corrected chi connectivity index (χ2v) is 10.1. The summed E-state index contributed by atoms with van der Waals surface area (Å²) in [6.45, 7) is 1.42. The molecule has 0 radical (unpaired) electrons. The number of carbonyl (C=O) groups excluding carboxylic acids is 1. The van der Waals surface area contributed by atoms with E-state index in [2.05, 4.69) is 0 Å². The van der Waals surface area contributed by atoms with Gasteiger partial charge >= 0.3 is 0 Å². The van der Waals surface area contributed by atoms with Crippen molar-refractivity contribution in [1.82, 2.24) is 0 Å². The van der Waals surface area contributed by atoms with Crippen molar-refractivity contribution in [3.63, 3.8) is 0 Å². The Hall–Kier alpha value is -0.440. The maximum absolute atomic E-state index is 11.9. The van der Waals surface area contributed by atoms with E-state index in [1.807, 2.05) is 0 Å². The minimum absolute atomic E-state index is 0.0627. The highest BCUT2D eigenvalue weighted by molar-refractivity contribution is 8.15. The minimum atomic E-state index is -4.01. The van der Waals surface area contributed by atoms with E-state index < -0.39 is 24.1 Å². The Morgan fingerprint density at radius 2 is 2.06 bits per heavy atom. The third-order valence-corrected chi connectivity index (χ3v) is 8.39. The third kappa shape index (κ3) is 2.03. The summed E-state index contributed by atoms with van der Waals surface area (Å²) in [7, 11) is -2.50. The van der Waals surface area contributed by atoms with Crippen LogP contribution in [-0.4, -0.2) is 27.9 Å². The number of hydrogen-bond acceptors (Lipinski definition) is 6. The summed E-state index contributed by atoms with van der Waals surface area (Å²) in [5, 5.41) is -0.827. The number of rotatable bonds is 1. The van der Waals surface area contributed by atoms with Crippen molar-refractivity contribution in [3.8, 4) is 0 Å². The van der Waals surface area contributed by atoms with Crippen molar-refractivity contribution in [3.05, 3.63) is 11.6 Å². The van der Waals surface area contributed by atoms with Crippen molar-refractivity contribution in [1.29, 1.82) is 0 Å². The van der Waals surface area contributed by atoms with Crippen LogP contribution in [0.4, 0.5) is 0 Å². The molecule has 0 saturated heterocycles. The second kappa shape index (κ2) is 3.78. The van der Waals surface area contributed by atoms with E-state index in [-0.39, 0.29) is 26.2 Å². The first-order valence-electron chi connectivity index (χ1n) is 4.49. The number of fused-ring (bicyclic) bond motifs is 1. The van der Waals surface area contributed by atoms with Gasteiger partial charge in [0.15, 0.2) is 15.6 Å². The van der Waals surface area contributed by atoms with Crippen LogP contribution in [0.5, 0.6) is 0 Å². The number of thiophene rings is 1. The van der Waals surface area contributed by atoms with Crippen LogP contribution in [0, 0.1) is 0 Å². The van der Waals surface area contributed by atoms with Crippen LogP contribution < -0.4 is 0 Å². The second-order valence-electron chi connectivity index (χ2n) is 3.69. The third-order valence-electron chi connectivity index (χ3n) is 2.48. The molecule has 2 rings (SSSR count). The van der Waals surface area contributed by atoms with Crippen molar-refractivity contribution in [2.24, 2.45) is 0 Å². The van der Waals surface area contributed by atoms with E-state index >= 15 is 0 Å². The molecule has 0 fully saturated rings. The zero-order valence-electron chi connectivity index (χ0n) is 8.51. The topological polar surface area (TPSA) is 85.3 Å². The molecule has 1 aromatic rings. The molecule has 0 saturated carbocycles. The van der Waals surface area contributed by atoms with Gasteiger partial charge in [-0.1, -0.05) is 0 Å². The Morgan fingerprint density at radius 1 is 1.47 bits per heavy atom. The van der Waals surface area contributed by atoms with Gasteiger partial charge in [0.05, 0.1) is 5.25 Å². The first-order valence-corrected chi connectivity index (χ1v) is 9.17. The number of sulfone groups is 1. The van der Waals surface area contributed by atoms with Gasteiger partial charge in [0.1, 0.15) is 8.42 Å². The van der Waals surface area contributed by atoms with E-state index in [4.69, 9.17) is 10.7 Å². The van der Waals surface area contributed by atoms with Crippen molar-refractivity contribution < 1.29 is 21.6 Å². The first kappa shape index (κ1) is 13.0. The molecule has 1 aromatic heterocycles. The average Bonchev–Trinajstić information content (AvgIpc) is 2.59. The Balaban J connectivity index is 2.77. The molecule has 1 aliphatic rings. The molecule has 0 unspecified atom stereocenters. The number of hydrogen-bond donors (Lipinski definition) is 0. The molecule has 0 aromatic carbocycles. The molecule has 5 nitrogen and oxygen atoms in total. The van der Waals surface area contributed by atoms with Crippen LogP contribution in [-0.2, 0) is 18.9 Å². The summed E-state index contributed by atoms with van der Waals surface area (Å²) in [4.78, 5) is 11.6. The Morgan fingerprint density at radius 3 is 2.59 bits per heavy atom. The van der Waals surface area contributed by atoms with Gasteiger partial charge in [0.25, 0.3) is 9.05 Å². The SMILES string of the molecule is C[C@H]1CC(=O)c2cc(S(=O)(=O)Cl)sc2S1(=O)=O. The summed E-state index contributed by atoms with van der Waals surface area (Å²) < 4.78 is 45.6. The summed E-state index contributed by atoms with van der Waals surface area (Å²) >= 11 is 0.528. The first-order chi connectivity index (χ1) is 7.64. The van der Waals surface area contributed by atoms with Gasteiger partial charge in [-0.15, -0.1) is 11.3 Å². The molecule has 0 bridgehead atoms. The van der Waals surface area contributed by atoms with E-state index in [0.717, 1.165) is 6.07 Å². The van der Waals surface area contributed by atoms with E-state index in [0.29, 0.717) is 11.3 Å². The van der Waals surface area contributed by atoms with Crippen LogP contribution >= 0.6 is 22.0 Å². The van der Waals surface area contributed by atoms with Gasteiger partial charge in [0, 0.05) is 22.7 Å². The van der Waals surface area contributed by atoms with Crippen molar-refractivity contribution in [2.75, 3.05) is 0 Å². The van der Waals surface area contributed by atoms with E-state index in [1.54, 1.807) is 0 Å². The minimum Gasteiger partial charge on any atom is -0.294 e. The molecule has 17 heavy (non-hydrogen) atoms. The van der Waals surface area contributed by atoms with Crippen LogP contribution in [0.2, 0.25) is 0 Å². The van der Waals surface area contributed by atoms with Crippen LogP contribution in [0.25, 0.3) is 0 Å². The largest absolute Gasteiger partial charge is 0.294 e. The molecule has 1 atom stereocenters. The number of Topliss-reactive ketones (excluding diaryl/α,β-unsaturated/α-hetero) is 1. The lowest BCUT2D eigenvalue weighted by Gasteiger charge is -2.16. The zero-order valence-corrected chi connectivity index (χ0v) is 11.7. The molecule has 9 heteroatoms. The normalized spacial score (nSPS) is 23.4. The number of carbonyl (C=O) groups is 1. The standard InChI is InChI=1S/C8H7ClO5S3/c1-4-2-6(10)5-3-7(17(9,13)14)15-8(5)16(4,11)12/h3-4H,2H2,1H3/t4-/m0/s1. The number of halogens is 1. The highest BCUT2D eigenvalue weighted by Gasteiger charge is 2.38. The van der Waals surface area contributed by atoms with Crippen molar-refractivity contribution in [2.45, 2.75) is 27.0 Å². The molecule has 0 amide bonds. The van der Waals surface area contributed by atoms with Gasteiger partial charge in [-0.2, -0.15) is 0 Å². The molecule has 0 aliphatic carbocycles. The quantitative estimate of drug-likeness (QED) is 0.732. The van der Waals surface area contributed by atoms with E-state index in [9.17, 15) is 21.6 Å². The van der Waals surface area contributed by atoms with Crippen LogP contribution in [0.3, 0.4) is 0 Å². The molecule has 0 spiro atoms. The summed E-state index contributed by atoms with van der Waals surface area (Å²) in [6.07, 6.45) is -0.131. The van der Waals surface area contributed by atoms with Gasteiger partial charge in [0.2, 0.25) is 0 Å². The van der Waals surface area contributed by atoms with Crippen LogP contribution in [0.15, 0.2) is 14.5 Å². The maximum Gasteiger partial charge on any atom is 0.270 e. The lowest BCUT2D eigenvalue weighted by Crippen LogP contribution is -2.27. The Bertz CT molecular complexity index is 698. The summed E-state index contributed by atoms with van der Waals surface area (Å²) in [5.74, 6) is -0.370. The lowest BCUT2D eigenvalue weighted by molar-refractivity contribution is 0.0977. The van der Waals surface area contributed by atoms with Crippen LogP contribution in [0.1, 0.15) is 23.7 Å². The fraction of sp³-hybridized carbons (Fsp3) is 0.375. The van der Waals surface area contributed by atoms with Gasteiger partial charge in [-0.3, -0.25) is 4.79 Å². The number of ketones is 1. The molecule has 1 aliphatic heterocycles. The Kier molecular flexibility index (Phi) is 2.89. The monoisotopic (exact) mass is 314 g/mol. The summed E-state index contributed by atoms with van der Waals surface area (Å²) in [5.41, 5.74) is -0.0627. The Labute approximate surface area is 107 Å². The lowest BCUT2D eigenvalue weighted by atomic mass is 10.1. The summed E-state index contributed by atoms with van der Waals surface area (Å²) in [6, 6.07) is 1.04. The fourth-order valence-electron chi connectivity index (χ4n) is 1.54. The predicted octanol–water partition coefficient (Wildman–Crippen LogP) is 1.42.